The molecule has 0 spiro atoms. The molecule has 0 aliphatic heterocycles. The van der Waals surface area contributed by atoms with Gasteiger partial charge < -0.3 is 23.4 Å². The Hall–Kier alpha value is -4.26. The van der Waals surface area contributed by atoms with Crippen LogP contribution in [0.3, 0.4) is 0 Å². The van der Waals surface area contributed by atoms with Gasteiger partial charge in [0.1, 0.15) is 17.9 Å². The van der Waals surface area contributed by atoms with Crippen molar-refractivity contribution < 1.29 is 28.2 Å². The highest BCUT2D eigenvalue weighted by atomic mass is 16.6. The summed E-state index contributed by atoms with van der Waals surface area (Å²) in [5.74, 6) is 0.971. The summed E-state index contributed by atoms with van der Waals surface area (Å²) in [6, 6.07) is 21.4. The number of benzene rings is 3. The van der Waals surface area contributed by atoms with E-state index in [2.05, 4.69) is 0 Å². The topological polar surface area (TPSA) is 84.2 Å². The summed E-state index contributed by atoms with van der Waals surface area (Å²) < 4.78 is 26.8. The van der Waals surface area contributed by atoms with Crippen molar-refractivity contribution in [3.8, 4) is 28.4 Å². The molecule has 7 heteroatoms. The number of hydrogen-bond acceptors (Lipinski definition) is 7. The van der Waals surface area contributed by atoms with Crippen molar-refractivity contribution in [3.63, 3.8) is 0 Å². The summed E-state index contributed by atoms with van der Waals surface area (Å²) in [6.07, 6.45) is 0. The Kier molecular flexibility index (Phi) is 6.59. The number of esters is 1. The fourth-order valence-electron chi connectivity index (χ4n) is 3.31. The largest absolute Gasteiger partial charge is 0.493 e. The highest BCUT2D eigenvalue weighted by Crippen LogP contribution is 2.32. The summed E-state index contributed by atoms with van der Waals surface area (Å²) >= 11 is 0. The van der Waals surface area contributed by atoms with E-state index in [9.17, 15) is 9.59 Å². The summed E-state index contributed by atoms with van der Waals surface area (Å²) in [5.41, 5.74) is 1.77. The van der Waals surface area contributed by atoms with Crippen LogP contribution in [0, 0.1) is 0 Å². The van der Waals surface area contributed by atoms with Crippen LogP contribution in [-0.4, -0.2) is 26.8 Å². The highest BCUT2D eigenvalue weighted by molar-refractivity contribution is 5.83. The molecular formula is C26H22O7. The molecule has 0 atom stereocenters. The maximum Gasteiger partial charge on any atom is 0.344 e. The standard InChI is InChI=1S/C26H22O7/c1-29-22-11-9-18(13-24(22)30-2)21-12-19-8-10-20(14-23(19)33-26(21)28)31-16-25(27)32-15-17-6-4-3-5-7-17/h3-14H,15-16H2,1-2H3. The minimum absolute atomic E-state index is 0.175. The van der Waals surface area contributed by atoms with Crippen molar-refractivity contribution in [1.29, 1.82) is 0 Å². The molecule has 3 aromatic carbocycles. The zero-order valence-electron chi connectivity index (χ0n) is 18.2. The molecule has 1 aromatic heterocycles. The molecule has 0 aliphatic rings. The van der Waals surface area contributed by atoms with Crippen LogP contribution in [0.15, 0.2) is 82.0 Å². The van der Waals surface area contributed by atoms with Crippen LogP contribution in [0.5, 0.6) is 17.2 Å². The summed E-state index contributed by atoms with van der Waals surface area (Å²) in [6.45, 7) is -0.0825. The van der Waals surface area contributed by atoms with Crippen molar-refractivity contribution in [1.82, 2.24) is 0 Å². The summed E-state index contributed by atoms with van der Waals surface area (Å²) in [7, 11) is 3.08. The molecule has 4 rings (SSSR count). The molecule has 168 valence electrons. The lowest BCUT2D eigenvalue weighted by Crippen LogP contribution is -2.14. The van der Waals surface area contributed by atoms with E-state index in [0.29, 0.717) is 39.3 Å². The third kappa shape index (κ3) is 5.15. The lowest BCUT2D eigenvalue weighted by Gasteiger charge is -2.10. The van der Waals surface area contributed by atoms with E-state index < -0.39 is 11.6 Å². The van der Waals surface area contributed by atoms with Crippen LogP contribution >= 0.6 is 0 Å². The number of carbonyl (C=O) groups excluding carboxylic acids is 1. The van der Waals surface area contributed by atoms with E-state index in [4.69, 9.17) is 23.4 Å². The second-order valence-electron chi connectivity index (χ2n) is 7.15. The zero-order chi connectivity index (χ0) is 23.2. The minimum atomic E-state index is -0.505. The van der Waals surface area contributed by atoms with E-state index in [-0.39, 0.29) is 13.2 Å². The van der Waals surface area contributed by atoms with Gasteiger partial charge in [0.2, 0.25) is 0 Å². The van der Waals surface area contributed by atoms with Gasteiger partial charge in [0.05, 0.1) is 19.8 Å². The number of fused-ring (bicyclic) bond motifs is 1. The molecule has 0 fully saturated rings. The first kappa shape index (κ1) is 22.0. The molecule has 7 nitrogen and oxygen atoms in total. The van der Waals surface area contributed by atoms with Crippen LogP contribution in [0.1, 0.15) is 5.56 Å². The smallest absolute Gasteiger partial charge is 0.344 e. The van der Waals surface area contributed by atoms with Gasteiger partial charge in [-0.3, -0.25) is 0 Å². The maximum absolute atomic E-state index is 12.6. The Morgan fingerprint density at radius 3 is 2.42 bits per heavy atom. The highest BCUT2D eigenvalue weighted by Gasteiger charge is 2.13. The van der Waals surface area contributed by atoms with Gasteiger partial charge in [0.25, 0.3) is 0 Å². The fourth-order valence-corrected chi connectivity index (χ4v) is 3.31. The third-order valence-electron chi connectivity index (χ3n) is 5.00. The van der Waals surface area contributed by atoms with Crippen molar-refractivity contribution in [2.45, 2.75) is 6.61 Å². The molecule has 0 saturated heterocycles. The Balaban J connectivity index is 1.47. The average Bonchev–Trinajstić information content (AvgIpc) is 2.85. The van der Waals surface area contributed by atoms with Gasteiger partial charge in [-0.05, 0) is 41.5 Å². The average molecular weight is 446 g/mol. The van der Waals surface area contributed by atoms with Crippen LogP contribution in [-0.2, 0) is 16.1 Å². The number of rotatable bonds is 8. The van der Waals surface area contributed by atoms with E-state index in [1.54, 1.807) is 49.6 Å². The second-order valence-corrected chi connectivity index (χ2v) is 7.15. The molecule has 0 radical (unpaired) electrons. The van der Waals surface area contributed by atoms with Gasteiger partial charge in [-0.1, -0.05) is 36.4 Å². The van der Waals surface area contributed by atoms with Crippen LogP contribution < -0.4 is 19.8 Å². The Labute approximate surface area is 190 Å². The van der Waals surface area contributed by atoms with Gasteiger partial charge in [-0.15, -0.1) is 0 Å². The van der Waals surface area contributed by atoms with Gasteiger partial charge in [0, 0.05) is 11.5 Å². The third-order valence-corrected chi connectivity index (χ3v) is 5.00. The van der Waals surface area contributed by atoms with Crippen molar-refractivity contribution >= 4 is 16.9 Å². The van der Waals surface area contributed by atoms with Gasteiger partial charge in [-0.2, -0.15) is 0 Å². The quantitative estimate of drug-likeness (QED) is 0.289. The molecule has 33 heavy (non-hydrogen) atoms. The molecule has 0 amide bonds. The summed E-state index contributed by atoms with van der Waals surface area (Å²) in [4.78, 5) is 24.6. The Morgan fingerprint density at radius 1 is 0.879 bits per heavy atom. The first-order chi connectivity index (χ1) is 16.1. The van der Waals surface area contributed by atoms with Crippen molar-refractivity contribution in [2.75, 3.05) is 20.8 Å². The normalized spacial score (nSPS) is 10.6. The van der Waals surface area contributed by atoms with Crippen LogP contribution in [0.25, 0.3) is 22.1 Å². The maximum atomic E-state index is 12.6. The molecule has 0 N–H and O–H groups in total. The van der Waals surface area contributed by atoms with Crippen molar-refractivity contribution in [3.05, 3.63) is 88.8 Å². The van der Waals surface area contributed by atoms with Crippen LogP contribution in [0.4, 0.5) is 0 Å². The molecule has 1 heterocycles. The zero-order valence-corrected chi connectivity index (χ0v) is 18.2. The van der Waals surface area contributed by atoms with Crippen molar-refractivity contribution in [2.24, 2.45) is 0 Å². The first-order valence-electron chi connectivity index (χ1n) is 10.2. The van der Waals surface area contributed by atoms with Gasteiger partial charge in [0.15, 0.2) is 18.1 Å². The minimum Gasteiger partial charge on any atom is -0.493 e. The summed E-state index contributed by atoms with van der Waals surface area (Å²) in [5, 5.41) is 0.707. The lowest BCUT2D eigenvalue weighted by molar-refractivity contribution is -0.147. The predicted molar refractivity (Wildman–Crippen MR) is 123 cm³/mol. The molecule has 0 unspecified atom stereocenters. The Bertz CT molecular complexity index is 1330. The van der Waals surface area contributed by atoms with E-state index >= 15 is 0 Å². The predicted octanol–water partition coefficient (Wildman–Crippen LogP) is 4.60. The number of hydrogen-bond donors (Lipinski definition) is 0. The number of carbonyl (C=O) groups is 1. The van der Waals surface area contributed by atoms with E-state index in [0.717, 1.165) is 5.56 Å². The lowest BCUT2D eigenvalue weighted by atomic mass is 10.1. The van der Waals surface area contributed by atoms with E-state index in [1.165, 1.54) is 7.11 Å². The molecule has 0 saturated carbocycles. The Morgan fingerprint density at radius 2 is 1.67 bits per heavy atom. The fraction of sp³-hybridized carbons (Fsp3) is 0.154. The SMILES string of the molecule is COc1ccc(-c2cc3ccc(OCC(=O)OCc4ccccc4)cc3oc2=O)cc1OC. The number of ether oxygens (including phenoxy) is 4. The van der Waals surface area contributed by atoms with Gasteiger partial charge in [-0.25, -0.2) is 9.59 Å². The van der Waals surface area contributed by atoms with Crippen LogP contribution in [0.2, 0.25) is 0 Å². The van der Waals surface area contributed by atoms with E-state index in [1.807, 2.05) is 30.3 Å². The first-order valence-corrected chi connectivity index (χ1v) is 10.2. The molecule has 4 aromatic rings. The number of methoxy groups -OCH3 is 2. The monoisotopic (exact) mass is 446 g/mol. The second kappa shape index (κ2) is 9.91. The molecule has 0 aliphatic carbocycles. The van der Waals surface area contributed by atoms with Gasteiger partial charge >= 0.3 is 11.6 Å². The molecule has 0 bridgehead atoms. The molecular weight excluding hydrogens is 424 g/mol.